The van der Waals surface area contributed by atoms with Crippen molar-refractivity contribution in [2.45, 2.75) is 39.5 Å². The minimum Gasteiger partial charge on any atom is -0.492 e. The molecule has 1 N–H and O–H groups in total. The lowest BCUT2D eigenvalue weighted by atomic mass is 9.96. The molecule has 2 aromatic carbocycles. The van der Waals surface area contributed by atoms with Crippen molar-refractivity contribution in [1.82, 2.24) is 5.32 Å². The molecule has 3 rings (SSSR count). The van der Waals surface area contributed by atoms with E-state index in [1.807, 2.05) is 56.3 Å². The molecule has 0 saturated heterocycles. The number of hydrogen-bond acceptors (Lipinski definition) is 3. The molecule has 4 nitrogen and oxygen atoms in total. The van der Waals surface area contributed by atoms with Gasteiger partial charge in [-0.25, -0.2) is 0 Å². The van der Waals surface area contributed by atoms with Crippen LogP contribution in [0, 0.1) is 5.92 Å². The Morgan fingerprint density at radius 1 is 1.20 bits per heavy atom. The number of ether oxygens (including phenoxy) is 2. The minimum absolute atomic E-state index is 0.0401. The summed E-state index contributed by atoms with van der Waals surface area (Å²) in [4.78, 5) is 12.5. The van der Waals surface area contributed by atoms with E-state index in [2.05, 4.69) is 11.4 Å². The number of hydrogen-bond donors (Lipinski definition) is 1. The molecule has 0 radical (unpaired) electrons. The van der Waals surface area contributed by atoms with E-state index >= 15 is 0 Å². The first-order valence-corrected chi connectivity index (χ1v) is 8.79. The van der Waals surface area contributed by atoms with E-state index in [1.54, 1.807) is 0 Å². The molecule has 0 bridgehead atoms. The molecule has 0 spiro atoms. The van der Waals surface area contributed by atoms with E-state index in [-0.39, 0.29) is 17.9 Å². The van der Waals surface area contributed by atoms with Gasteiger partial charge in [-0.1, -0.05) is 42.5 Å². The zero-order chi connectivity index (χ0) is 17.6. The number of carbonyl (C=O) groups is 1. The molecule has 1 amide bonds. The first-order valence-electron chi connectivity index (χ1n) is 8.79. The average molecular weight is 339 g/mol. The summed E-state index contributed by atoms with van der Waals surface area (Å²) in [5.74, 6) is 0.796. The van der Waals surface area contributed by atoms with Gasteiger partial charge >= 0.3 is 0 Å². The zero-order valence-corrected chi connectivity index (χ0v) is 14.8. The van der Waals surface area contributed by atoms with Gasteiger partial charge in [-0.15, -0.1) is 0 Å². The zero-order valence-electron chi connectivity index (χ0n) is 14.8. The number of benzene rings is 2. The highest BCUT2D eigenvalue weighted by Gasteiger charge is 2.25. The summed E-state index contributed by atoms with van der Waals surface area (Å²) in [5.41, 5.74) is 3.30. The highest BCUT2D eigenvalue weighted by molar-refractivity contribution is 5.79. The van der Waals surface area contributed by atoms with Gasteiger partial charge < -0.3 is 14.8 Å². The fourth-order valence-electron chi connectivity index (χ4n) is 2.92. The maximum absolute atomic E-state index is 12.5. The van der Waals surface area contributed by atoms with Gasteiger partial charge in [0.15, 0.2) is 0 Å². The number of carbonyl (C=O) groups excluding carboxylic acids is 1. The van der Waals surface area contributed by atoms with Crippen molar-refractivity contribution >= 4 is 5.91 Å². The first-order chi connectivity index (χ1) is 12.1. The van der Waals surface area contributed by atoms with Gasteiger partial charge in [-0.05, 0) is 43.0 Å². The molecular formula is C21H25NO3. The monoisotopic (exact) mass is 339 g/mol. The highest BCUT2D eigenvalue weighted by Crippen LogP contribution is 2.26. The average Bonchev–Trinajstić information content (AvgIpc) is 2.64. The van der Waals surface area contributed by atoms with Gasteiger partial charge in [-0.2, -0.15) is 0 Å². The van der Waals surface area contributed by atoms with E-state index in [0.717, 1.165) is 28.9 Å². The van der Waals surface area contributed by atoms with Crippen molar-refractivity contribution in [2.24, 2.45) is 5.92 Å². The molecule has 0 fully saturated rings. The topological polar surface area (TPSA) is 47.6 Å². The second-order valence-electron chi connectivity index (χ2n) is 6.72. The predicted octanol–water partition coefficient (Wildman–Crippen LogP) is 3.48. The fraction of sp³-hybridized carbons (Fsp3) is 0.381. The molecule has 1 atom stereocenters. The molecule has 1 aliphatic rings. The fourth-order valence-corrected chi connectivity index (χ4v) is 2.92. The molecule has 1 heterocycles. The van der Waals surface area contributed by atoms with Crippen molar-refractivity contribution < 1.29 is 14.3 Å². The van der Waals surface area contributed by atoms with E-state index in [9.17, 15) is 4.79 Å². The van der Waals surface area contributed by atoms with Crippen LogP contribution in [0.5, 0.6) is 5.75 Å². The molecule has 25 heavy (non-hydrogen) atoms. The van der Waals surface area contributed by atoms with Gasteiger partial charge in [0.05, 0.1) is 18.6 Å². The standard InChI is InChI=1S/C21H25NO3/c1-15(2)24-13-17-7-5-6-16(10-17)12-22-21(23)19-11-18-8-3-4-9-20(18)25-14-19/h3-10,15,19H,11-14H2,1-2H3,(H,22,23). The van der Waals surface area contributed by atoms with Crippen LogP contribution >= 0.6 is 0 Å². The Kier molecular flexibility index (Phi) is 5.71. The van der Waals surface area contributed by atoms with Gasteiger partial charge in [-0.3, -0.25) is 4.79 Å². The van der Waals surface area contributed by atoms with Crippen LogP contribution in [-0.4, -0.2) is 18.6 Å². The van der Waals surface area contributed by atoms with E-state index in [4.69, 9.17) is 9.47 Å². The van der Waals surface area contributed by atoms with Crippen LogP contribution in [0.2, 0.25) is 0 Å². The summed E-state index contributed by atoms with van der Waals surface area (Å²) in [6.45, 7) is 5.59. The van der Waals surface area contributed by atoms with Crippen molar-refractivity contribution in [3.8, 4) is 5.75 Å². The largest absolute Gasteiger partial charge is 0.492 e. The molecule has 0 saturated carbocycles. The van der Waals surface area contributed by atoms with Crippen LogP contribution in [0.4, 0.5) is 0 Å². The van der Waals surface area contributed by atoms with Crippen LogP contribution in [0.1, 0.15) is 30.5 Å². The van der Waals surface area contributed by atoms with Crippen LogP contribution < -0.4 is 10.1 Å². The Morgan fingerprint density at radius 3 is 2.84 bits per heavy atom. The summed E-state index contributed by atoms with van der Waals surface area (Å²) >= 11 is 0. The Hall–Kier alpha value is -2.33. The summed E-state index contributed by atoms with van der Waals surface area (Å²) in [6.07, 6.45) is 0.933. The maximum Gasteiger partial charge on any atom is 0.227 e. The number of para-hydroxylation sites is 1. The van der Waals surface area contributed by atoms with E-state index in [0.29, 0.717) is 19.8 Å². The Balaban J connectivity index is 1.53. The number of nitrogens with one attached hydrogen (secondary N) is 1. The van der Waals surface area contributed by atoms with Crippen molar-refractivity contribution in [3.05, 3.63) is 65.2 Å². The van der Waals surface area contributed by atoms with Gasteiger partial charge in [0.1, 0.15) is 12.4 Å². The molecule has 1 unspecified atom stereocenters. The second kappa shape index (κ2) is 8.17. The Bertz CT molecular complexity index is 727. The third-order valence-electron chi connectivity index (χ3n) is 4.29. The lowest BCUT2D eigenvalue weighted by Crippen LogP contribution is -2.37. The number of rotatable bonds is 6. The maximum atomic E-state index is 12.5. The third-order valence-corrected chi connectivity index (χ3v) is 4.29. The lowest BCUT2D eigenvalue weighted by Gasteiger charge is -2.24. The lowest BCUT2D eigenvalue weighted by molar-refractivity contribution is -0.126. The predicted molar refractivity (Wildman–Crippen MR) is 97.3 cm³/mol. The SMILES string of the molecule is CC(C)OCc1cccc(CNC(=O)C2COc3ccccc3C2)c1. The van der Waals surface area contributed by atoms with E-state index in [1.165, 1.54) is 0 Å². The normalized spacial score (nSPS) is 16.2. The molecule has 1 aliphatic heterocycles. The summed E-state index contributed by atoms with van der Waals surface area (Å²) in [7, 11) is 0. The van der Waals surface area contributed by atoms with Crippen molar-refractivity contribution in [2.75, 3.05) is 6.61 Å². The van der Waals surface area contributed by atoms with Crippen LogP contribution in [0.25, 0.3) is 0 Å². The molecule has 0 aliphatic carbocycles. The van der Waals surface area contributed by atoms with Gasteiger partial charge in [0.2, 0.25) is 5.91 Å². The molecule has 4 heteroatoms. The minimum atomic E-state index is -0.137. The summed E-state index contributed by atoms with van der Waals surface area (Å²) < 4.78 is 11.3. The molecular weight excluding hydrogens is 314 g/mol. The second-order valence-corrected chi connectivity index (χ2v) is 6.72. The Labute approximate surface area is 149 Å². The van der Waals surface area contributed by atoms with Crippen LogP contribution in [-0.2, 0) is 29.1 Å². The smallest absolute Gasteiger partial charge is 0.227 e. The van der Waals surface area contributed by atoms with Crippen LogP contribution in [0.15, 0.2) is 48.5 Å². The molecule has 0 aromatic heterocycles. The number of amides is 1. The van der Waals surface area contributed by atoms with Crippen molar-refractivity contribution in [1.29, 1.82) is 0 Å². The first kappa shape index (κ1) is 17.5. The van der Waals surface area contributed by atoms with Crippen molar-refractivity contribution in [3.63, 3.8) is 0 Å². The summed E-state index contributed by atoms with van der Waals surface area (Å²) in [6, 6.07) is 16.0. The number of fused-ring (bicyclic) bond motifs is 1. The Morgan fingerprint density at radius 2 is 2.00 bits per heavy atom. The quantitative estimate of drug-likeness (QED) is 0.876. The molecule has 132 valence electrons. The van der Waals surface area contributed by atoms with Gasteiger partial charge in [0, 0.05) is 6.54 Å². The van der Waals surface area contributed by atoms with E-state index < -0.39 is 0 Å². The highest BCUT2D eigenvalue weighted by atomic mass is 16.5. The third kappa shape index (κ3) is 4.83. The summed E-state index contributed by atoms with van der Waals surface area (Å²) in [5, 5.41) is 3.03. The molecule has 2 aromatic rings. The van der Waals surface area contributed by atoms with Crippen LogP contribution in [0.3, 0.4) is 0 Å². The van der Waals surface area contributed by atoms with Gasteiger partial charge in [0.25, 0.3) is 0 Å².